The number of hydrogen-bond donors (Lipinski definition) is 2. The number of halogens is 1. The molecule has 1 aliphatic heterocycles. The third-order valence-corrected chi connectivity index (χ3v) is 5.90. The molecule has 2 heterocycles. The quantitative estimate of drug-likeness (QED) is 0.543. The molecule has 2 amide bonds. The zero-order valence-electron chi connectivity index (χ0n) is 16.9. The molecule has 0 fully saturated rings. The Morgan fingerprint density at radius 1 is 1.32 bits per heavy atom. The van der Waals surface area contributed by atoms with Crippen LogP contribution in [0.25, 0.3) is 11.4 Å². The largest absolute Gasteiger partial charge is 0.482 e. The highest BCUT2D eigenvalue weighted by atomic mass is 35.5. The van der Waals surface area contributed by atoms with Crippen LogP contribution in [0.5, 0.6) is 5.75 Å². The molecule has 1 aromatic heterocycles. The van der Waals surface area contributed by atoms with Gasteiger partial charge < -0.3 is 19.9 Å². The molecular formula is C21H20ClN5O3S. The molecule has 0 bridgehead atoms. The summed E-state index contributed by atoms with van der Waals surface area (Å²) in [7, 11) is 0. The number of ether oxygens (including phenoxy) is 1. The van der Waals surface area contributed by atoms with E-state index in [0.29, 0.717) is 33.8 Å². The van der Waals surface area contributed by atoms with Gasteiger partial charge in [0.05, 0.1) is 22.2 Å². The van der Waals surface area contributed by atoms with E-state index in [4.69, 9.17) is 16.3 Å². The number of hydrogen-bond acceptors (Lipinski definition) is 6. The molecule has 0 saturated heterocycles. The van der Waals surface area contributed by atoms with Crippen LogP contribution >= 0.6 is 23.4 Å². The number of anilines is 2. The number of rotatable bonds is 6. The SMILES string of the molecule is CCn1c(SCC(=O)Nc2cc3c(cc2Cl)NC(=O)CO3)nnc1-c1cccc(C)c1. The monoisotopic (exact) mass is 457 g/mol. The fourth-order valence-corrected chi connectivity index (χ4v) is 4.20. The van der Waals surface area contributed by atoms with Crippen LogP contribution in [0.2, 0.25) is 5.02 Å². The summed E-state index contributed by atoms with van der Waals surface area (Å²) in [6, 6.07) is 11.2. The van der Waals surface area contributed by atoms with Gasteiger partial charge in [0.1, 0.15) is 5.75 Å². The molecule has 4 rings (SSSR count). The molecule has 8 nitrogen and oxygen atoms in total. The molecule has 0 spiro atoms. The number of fused-ring (bicyclic) bond motifs is 1. The van der Waals surface area contributed by atoms with Crippen molar-refractivity contribution in [2.45, 2.75) is 25.5 Å². The molecule has 1 aliphatic rings. The van der Waals surface area contributed by atoms with E-state index in [1.165, 1.54) is 11.8 Å². The van der Waals surface area contributed by atoms with Crippen molar-refractivity contribution >= 4 is 46.6 Å². The van der Waals surface area contributed by atoms with E-state index in [9.17, 15) is 9.59 Å². The van der Waals surface area contributed by atoms with Crippen LogP contribution < -0.4 is 15.4 Å². The topological polar surface area (TPSA) is 98.1 Å². The van der Waals surface area contributed by atoms with Crippen LogP contribution in [0.4, 0.5) is 11.4 Å². The molecular weight excluding hydrogens is 438 g/mol. The van der Waals surface area contributed by atoms with Gasteiger partial charge in [-0.1, -0.05) is 47.1 Å². The van der Waals surface area contributed by atoms with Crippen molar-refractivity contribution in [1.82, 2.24) is 14.8 Å². The van der Waals surface area contributed by atoms with Crippen molar-refractivity contribution in [3.63, 3.8) is 0 Å². The minimum absolute atomic E-state index is 0.0756. The van der Waals surface area contributed by atoms with E-state index in [2.05, 4.69) is 26.9 Å². The molecule has 0 atom stereocenters. The number of carbonyl (C=O) groups is 2. The lowest BCUT2D eigenvalue weighted by Crippen LogP contribution is -2.25. The number of thioether (sulfide) groups is 1. The summed E-state index contributed by atoms with van der Waals surface area (Å²) in [4.78, 5) is 23.9. The van der Waals surface area contributed by atoms with Crippen LogP contribution in [-0.2, 0) is 16.1 Å². The second kappa shape index (κ2) is 8.99. The van der Waals surface area contributed by atoms with Gasteiger partial charge in [-0.3, -0.25) is 9.59 Å². The van der Waals surface area contributed by atoms with Crippen LogP contribution in [0, 0.1) is 6.92 Å². The lowest BCUT2D eigenvalue weighted by Gasteiger charge is -2.19. The lowest BCUT2D eigenvalue weighted by molar-refractivity contribution is -0.118. The molecule has 0 saturated carbocycles. The number of aryl methyl sites for hydroxylation is 1. The maximum absolute atomic E-state index is 12.5. The number of nitrogens with zero attached hydrogens (tertiary/aromatic N) is 3. The van der Waals surface area contributed by atoms with Gasteiger partial charge in [0.25, 0.3) is 5.91 Å². The van der Waals surface area contributed by atoms with Gasteiger partial charge in [-0.15, -0.1) is 10.2 Å². The van der Waals surface area contributed by atoms with Crippen molar-refractivity contribution in [2.75, 3.05) is 23.0 Å². The van der Waals surface area contributed by atoms with Gasteiger partial charge in [0.2, 0.25) is 5.91 Å². The van der Waals surface area contributed by atoms with Gasteiger partial charge in [0, 0.05) is 18.2 Å². The maximum Gasteiger partial charge on any atom is 0.262 e. The molecule has 2 aromatic carbocycles. The van der Waals surface area contributed by atoms with Crippen molar-refractivity contribution in [1.29, 1.82) is 0 Å². The van der Waals surface area contributed by atoms with Crippen LogP contribution in [0.1, 0.15) is 12.5 Å². The second-order valence-corrected chi connectivity index (χ2v) is 8.27. The van der Waals surface area contributed by atoms with E-state index >= 15 is 0 Å². The molecule has 10 heteroatoms. The summed E-state index contributed by atoms with van der Waals surface area (Å²) >= 11 is 7.55. The summed E-state index contributed by atoms with van der Waals surface area (Å²) < 4.78 is 7.36. The lowest BCUT2D eigenvalue weighted by atomic mass is 10.1. The van der Waals surface area contributed by atoms with Crippen LogP contribution in [0.3, 0.4) is 0 Å². The van der Waals surface area contributed by atoms with E-state index in [1.54, 1.807) is 12.1 Å². The first-order valence-corrected chi connectivity index (χ1v) is 11.0. The Labute approximate surface area is 188 Å². The smallest absolute Gasteiger partial charge is 0.262 e. The Morgan fingerprint density at radius 2 is 2.16 bits per heavy atom. The van der Waals surface area contributed by atoms with Crippen molar-refractivity contribution < 1.29 is 14.3 Å². The standard InChI is InChI=1S/C21H20ClN5O3S/c1-3-27-20(13-6-4-5-12(2)7-13)25-26-21(27)31-11-19(29)23-15-9-17-16(8-14(15)22)24-18(28)10-30-17/h4-9H,3,10-11H2,1-2H3,(H,23,29)(H,24,28). The maximum atomic E-state index is 12.5. The fourth-order valence-electron chi connectivity index (χ4n) is 3.19. The Kier molecular flexibility index (Phi) is 6.15. The van der Waals surface area contributed by atoms with E-state index in [1.807, 2.05) is 36.6 Å². The first kappa shape index (κ1) is 21.2. The summed E-state index contributed by atoms with van der Waals surface area (Å²) in [6.07, 6.45) is 0. The predicted molar refractivity (Wildman–Crippen MR) is 121 cm³/mol. The van der Waals surface area contributed by atoms with E-state index < -0.39 is 0 Å². The normalized spacial score (nSPS) is 12.7. The summed E-state index contributed by atoms with van der Waals surface area (Å²) in [5, 5.41) is 15.0. The molecule has 0 unspecified atom stereocenters. The highest BCUT2D eigenvalue weighted by Crippen LogP contribution is 2.36. The minimum Gasteiger partial charge on any atom is -0.482 e. The summed E-state index contributed by atoms with van der Waals surface area (Å²) in [5.41, 5.74) is 3.02. The Balaban J connectivity index is 1.44. The second-order valence-electron chi connectivity index (χ2n) is 6.92. The van der Waals surface area contributed by atoms with Gasteiger partial charge >= 0.3 is 0 Å². The first-order valence-electron chi connectivity index (χ1n) is 9.63. The molecule has 160 valence electrons. The number of benzene rings is 2. The Hall–Kier alpha value is -3.04. The van der Waals surface area contributed by atoms with Gasteiger partial charge in [-0.2, -0.15) is 0 Å². The fraction of sp³-hybridized carbons (Fsp3) is 0.238. The van der Waals surface area contributed by atoms with Crippen LogP contribution in [0.15, 0.2) is 41.6 Å². The van der Waals surface area contributed by atoms with E-state index in [-0.39, 0.29) is 24.2 Å². The van der Waals surface area contributed by atoms with Gasteiger partial charge in [-0.25, -0.2) is 0 Å². The average Bonchev–Trinajstić information content (AvgIpc) is 3.16. The molecule has 3 aromatic rings. The highest BCUT2D eigenvalue weighted by Gasteiger charge is 2.20. The Morgan fingerprint density at radius 3 is 2.94 bits per heavy atom. The summed E-state index contributed by atoms with van der Waals surface area (Å²) in [6.45, 7) is 4.65. The zero-order chi connectivity index (χ0) is 22.0. The Bertz CT molecular complexity index is 1160. The first-order chi connectivity index (χ1) is 14.9. The number of nitrogens with one attached hydrogen (secondary N) is 2. The third kappa shape index (κ3) is 4.67. The number of aromatic nitrogens is 3. The molecule has 31 heavy (non-hydrogen) atoms. The zero-order valence-corrected chi connectivity index (χ0v) is 18.5. The number of carbonyl (C=O) groups excluding carboxylic acids is 2. The van der Waals surface area contributed by atoms with Gasteiger partial charge in [-0.05, 0) is 26.0 Å². The van der Waals surface area contributed by atoms with Crippen LogP contribution in [-0.4, -0.2) is 38.9 Å². The van der Waals surface area contributed by atoms with E-state index in [0.717, 1.165) is 17.0 Å². The molecule has 0 aliphatic carbocycles. The molecule has 2 N–H and O–H groups in total. The van der Waals surface area contributed by atoms with Crippen molar-refractivity contribution in [2.24, 2.45) is 0 Å². The number of amides is 2. The van der Waals surface area contributed by atoms with Crippen molar-refractivity contribution in [3.05, 3.63) is 47.0 Å². The van der Waals surface area contributed by atoms with Crippen molar-refractivity contribution in [3.8, 4) is 17.1 Å². The average molecular weight is 458 g/mol. The minimum atomic E-state index is -0.248. The predicted octanol–water partition coefficient (Wildman–Crippen LogP) is 3.99. The van der Waals surface area contributed by atoms with Gasteiger partial charge in [0.15, 0.2) is 17.6 Å². The molecule has 0 radical (unpaired) electrons. The summed E-state index contributed by atoms with van der Waals surface area (Å²) in [5.74, 6) is 0.875. The highest BCUT2D eigenvalue weighted by molar-refractivity contribution is 7.99. The third-order valence-electron chi connectivity index (χ3n) is 4.62.